The van der Waals surface area contributed by atoms with E-state index in [0.717, 1.165) is 4.90 Å². The Morgan fingerprint density at radius 1 is 0.873 bits per heavy atom. The van der Waals surface area contributed by atoms with E-state index in [1.165, 1.54) is 25.5 Å². The van der Waals surface area contributed by atoms with Crippen LogP contribution in [0.5, 0.6) is 0 Å². The lowest BCUT2D eigenvalue weighted by Gasteiger charge is -2.40. The molecule has 0 unspecified atom stereocenters. The summed E-state index contributed by atoms with van der Waals surface area (Å²) < 4.78 is 0. The number of hydrogen-bond acceptors (Lipinski definition) is 17. The zero-order valence-corrected chi connectivity index (χ0v) is 39.9. The first-order chi connectivity index (χ1) is 33.8. The lowest BCUT2D eigenvalue weighted by Crippen LogP contribution is -2.63. The number of carboxylic acids is 1. The number of aliphatic hydroxyl groups is 1. The molecule has 0 bridgehead atoms. The maximum atomic E-state index is 13.9. The number of amides is 8. The minimum Gasteiger partial charge on any atom is -0.477 e. The standard InChI is InChI=1S/C42H72N18O11/c1-23(54-39(68)33(31(61)19-46)59-35(64)25(47)8-2-4-13-43)34(63)52-21-32(62)55-27(10-6-15-45)40(69)60-17-12-30(60)38(67)58-29(18-24-20-50-22-53-24)37(66)56-26(9-3-5-14-44)36(65)57-28(41(70)71)11-7-16-51-42(48)49/h11,20,22-23,25-26,29-31,33,61H,2-10,12-19,21,43-47H2,1H3,(H,50,53)(H,52,63)(H,54,68)(H,56,66)(H,57,65)(H,58,67)(H,59,64)(H,70,71)(H4,48,49,51)/b28-11-,55-27+/t23-,25-,26-,29-,30-,31-,33-/m0/s1. The molecule has 0 spiro atoms. The molecule has 1 saturated heterocycles. The summed E-state index contributed by atoms with van der Waals surface area (Å²) >= 11 is 0. The number of guanidine groups is 1. The maximum absolute atomic E-state index is 13.9. The lowest BCUT2D eigenvalue weighted by atomic mass is 9.99. The van der Waals surface area contributed by atoms with E-state index in [0.29, 0.717) is 37.9 Å². The summed E-state index contributed by atoms with van der Waals surface area (Å²) in [7, 11) is 0. The molecule has 7 atom stereocenters. The van der Waals surface area contributed by atoms with Gasteiger partial charge in [-0.2, -0.15) is 0 Å². The molecule has 1 aliphatic heterocycles. The molecule has 396 valence electrons. The fourth-order valence-electron chi connectivity index (χ4n) is 6.76. The van der Waals surface area contributed by atoms with Crippen LogP contribution in [-0.4, -0.2) is 178 Å². The summed E-state index contributed by atoms with van der Waals surface area (Å²) in [6.45, 7) is 1.05. The maximum Gasteiger partial charge on any atom is 0.352 e. The van der Waals surface area contributed by atoms with Crippen LogP contribution in [0.4, 0.5) is 0 Å². The molecule has 0 aromatic carbocycles. The van der Waals surface area contributed by atoms with Crippen LogP contribution in [0.3, 0.4) is 0 Å². The number of aliphatic hydroxyl groups excluding tert-OH is 1. The number of imidazole rings is 1. The van der Waals surface area contributed by atoms with E-state index < -0.39 is 114 Å². The number of rotatable bonds is 33. The van der Waals surface area contributed by atoms with Gasteiger partial charge in [0.25, 0.3) is 11.8 Å². The number of carbonyl (C=O) groups is 9. The third-order valence-corrected chi connectivity index (χ3v) is 10.9. The van der Waals surface area contributed by atoms with Crippen LogP contribution < -0.4 is 71.6 Å². The summed E-state index contributed by atoms with van der Waals surface area (Å²) in [6, 6.07) is -7.67. The van der Waals surface area contributed by atoms with Crippen molar-refractivity contribution >= 4 is 64.9 Å². The fourth-order valence-corrected chi connectivity index (χ4v) is 6.76. The second-order valence-electron chi connectivity index (χ2n) is 16.5. The van der Waals surface area contributed by atoms with E-state index in [9.17, 15) is 53.4 Å². The predicted molar refractivity (Wildman–Crippen MR) is 257 cm³/mol. The molecule has 8 amide bonds. The zero-order valence-electron chi connectivity index (χ0n) is 39.9. The number of likely N-dealkylation sites (tertiary alicyclic amines) is 1. The van der Waals surface area contributed by atoms with Gasteiger partial charge >= 0.3 is 5.97 Å². The van der Waals surface area contributed by atoms with E-state index in [2.05, 4.69) is 52.2 Å². The minimum absolute atomic E-state index is 0.0420. The summed E-state index contributed by atoms with van der Waals surface area (Å²) in [6.07, 6.45) is 4.91. The Morgan fingerprint density at radius 2 is 1.55 bits per heavy atom. The Labute approximate surface area is 410 Å². The highest BCUT2D eigenvalue weighted by molar-refractivity contribution is 6.40. The van der Waals surface area contributed by atoms with E-state index in [1.54, 1.807) is 0 Å². The van der Waals surface area contributed by atoms with Gasteiger partial charge in [0.05, 0.1) is 25.0 Å². The van der Waals surface area contributed by atoms with Gasteiger partial charge in [0.1, 0.15) is 41.6 Å². The number of aliphatic imine (C=N–C) groups is 1. The van der Waals surface area contributed by atoms with E-state index in [4.69, 9.17) is 39.8 Å². The van der Waals surface area contributed by atoms with E-state index >= 15 is 0 Å². The molecule has 29 heteroatoms. The van der Waals surface area contributed by atoms with Gasteiger partial charge in [0.2, 0.25) is 35.4 Å². The molecule has 1 fully saturated rings. The number of aromatic amines is 1. The monoisotopic (exact) mass is 1000 g/mol. The molecule has 1 aromatic heterocycles. The second-order valence-corrected chi connectivity index (χ2v) is 16.5. The van der Waals surface area contributed by atoms with Crippen molar-refractivity contribution in [3.8, 4) is 0 Å². The summed E-state index contributed by atoms with van der Waals surface area (Å²) in [5.74, 6) is -8.57. The largest absolute Gasteiger partial charge is 0.477 e. The van der Waals surface area contributed by atoms with Crippen LogP contribution >= 0.6 is 0 Å². The lowest BCUT2D eigenvalue weighted by molar-refractivity contribution is -0.144. The van der Waals surface area contributed by atoms with Crippen LogP contribution in [0, 0.1) is 5.41 Å². The number of carboxylic acid groups (broad SMARTS) is 1. The summed E-state index contributed by atoms with van der Waals surface area (Å²) in [5, 5.41) is 44.4. The summed E-state index contributed by atoms with van der Waals surface area (Å²) in [4.78, 5) is 131. The van der Waals surface area contributed by atoms with Crippen LogP contribution in [0.25, 0.3) is 0 Å². The Bertz CT molecular complexity index is 2030. The topological polar surface area (TPSA) is 503 Å². The van der Waals surface area contributed by atoms with Crippen LogP contribution in [-0.2, 0) is 49.6 Å². The van der Waals surface area contributed by atoms with Crippen molar-refractivity contribution in [1.82, 2.24) is 52.1 Å². The van der Waals surface area contributed by atoms with Crippen molar-refractivity contribution in [2.24, 2.45) is 39.4 Å². The average molecular weight is 1010 g/mol. The highest BCUT2D eigenvalue weighted by Crippen LogP contribution is 2.20. The number of aliphatic carboxylic acids is 1. The SMILES string of the molecule is C[C@H](NC(=O)[C@@H](NC(=O)[C@@H](N)CCCCN)[C@@H](O)CN)C(=O)NCC(=O)/N=C(\CCCN)C(=O)N1CC[C@H]1C(=O)N[C@@H](Cc1cnc[nH]1)C(=O)N[C@@H](CCCCN)C(=O)N/C(=C\CCNC(=N)N)C(=O)O. The molecule has 29 nitrogen and oxygen atoms in total. The number of carbonyl (C=O) groups excluding carboxylic acids is 8. The van der Waals surface area contributed by atoms with Gasteiger partial charge in [0, 0.05) is 37.9 Å². The van der Waals surface area contributed by atoms with Gasteiger partial charge in [-0.1, -0.05) is 12.5 Å². The Balaban J connectivity index is 2.20. The van der Waals surface area contributed by atoms with Gasteiger partial charge in [-0.3, -0.25) is 43.8 Å². The first-order valence-corrected chi connectivity index (χ1v) is 23.2. The highest BCUT2D eigenvalue weighted by Gasteiger charge is 2.41. The van der Waals surface area contributed by atoms with Crippen LogP contribution in [0.1, 0.15) is 76.8 Å². The molecule has 2 heterocycles. The van der Waals surface area contributed by atoms with E-state index in [1.807, 2.05) is 0 Å². The molecule has 0 saturated carbocycles. The molecule has 71 heavy (non-hydrogen) atoms. The fraction of sp³-hybridized carbons (Fsp3) is 0.619. The number of H-pyrrole nitrogens is 1. The number of nitrogens with zero attached hydrogens (tertiary/aromatic N) is 3. The number of aromatic nitrogens is 2. The molecule has 1 aliphatic rings. The zero-order chi connectivity index (χ0) is 53.0. The first kappa shape index (κ1) is 60.2. The smallest absolute Gasteiger partial charge is 0.352 e. The Kier molecular flexibility index (Phi) is 27.2. The summed E-state index contributed by atoms with van der Waals surface area (Å²) in [5.41, 5.74) is 33.2. The first-order valence-electron chi connectivity index (χ1n) is 23.2. The van der Waals surface area contributed by atoms with E-state index in [-0.39, 0.29) is 82.8 Å². The third-order valence-electron chi connectivity index (χ3n) is 10.9. The van der Waals surface area contributed by atoms with Crippen molar-refractivity contribution in [3.05, 3.63) is 30.0 Å². The predicted octanol–water partition coefficient (Wildman–Crippen LogP) is -6.80. The molecular formula is C42H72N18O11. The average Bonchev–Trinajstić information content (AvgIpc) is 3.83. The van der Waals surface area contributed by atoms with Crippen molar-refractivity contribution in [1.29, 1.82) is 5.41 Å². The molecule has 2 rings (SSSR count). The minimum atomic E-state index is -1.57. The van der Waals surface area contributed by atoms with Crippen LogP contribution in [0.15, 0.2) is 29.3 Å². The van der Waals surface area contributed by atoms with Crippen molar-refractivity contribution < 1.29 is 53.4 Å². The van der Waals surface area contributed by atoms with Crippen molar-refractivity contribution in [3.63, 3.8) is 0 Å². The number of nitrogens with one attached hydrogen (secondary N) is 9. The quantitative estimate of drug-likeness (QED) is 0.0135. The molecule has 23 N–H and O–H groups in total. The van der Waals surface area contributed by atoms with Crippen molar-refractivity contribution in [2.45, 2.75) is 120 Å². The Hall–Kier alpha value is -6.92. The molecule has 0 radical (unpaired) electrons. The van der Waals surface area contributed by atoms with Crippen LogP contribution in [0.2, 0.25) is 0 Å². The van der Waals surface area contributed by atoms with Gasteiger partial charge < -0.3 is 91.7 Å². The number of hydrogen-bond donors (Lipinski definition) is 17. The molecule has 0 aliphatic carbocycles. The van der Waals surface area contributed by atoms with Crippen molar-refractivity contribution in [2.75, 3.05) is 45.8 Å². The van der Waals surface area contributed by atoms with Gasteiger partial charge in [0.15, 0.2) is 5.96 Å². The third kappa shape index (κ3) is 21.3. The normalized spacial score (nSPS) is 16.1. The highest BCUT2D eigenvalue weighted by atomic mass is 16.4. The molecular weight excluding hydrogens is 933 g/mol. The van der Waals surface area contributed by atoms with Gasteiger partial charge in [-0.05, 0) is 84.3 Å². The van der Waals surface area contributed by atoms with Gasteiger partial charge in [-0.25, -0.2) is 14.8 Å². The van der Waals surface area contributed by atoms with Gasteiger partial charge in [-0.15, -0.1) is 0 Å². The second kappa shape index (κ2) is 32.1. The number of unbranched alkanes of at least 4 members (excludes halogenated alkanes) is 2. The molecule has 1 aromatic rings. The number of nitrogens with two attached hydrogens (primary N) is 6. The Morgan fingerprint density at radius 3 is 2.13 bits per heavy atom.